The minimum Gasteiger partial charge on any atom is -0.393 e. The predicted molar refractivity (Wildman–Crippen MR) is 233 cm³/mol. The molecule has 2 aliphatic heterocycles. The third kappa shape index (κ3) is 11.8. The Morgan fingerprint density at radius 1 is 0.831 bits per heavy atom. The third-order valence-electron chi connectivity index (χ3n) is 17.7. The monoisotopic (exact) mass is 822 g/mol. The summed E-state index contributed by atoms with van der Waals surface area (Å²) in [5.74, 6) is 12.1. The number of hydrogen-bond acceptors (Lipinski definition) is 9. The van der Waals surface area contributed by atoms with E-state index in [2.05, 4.69) is 29.4 Å². The van der Waals surface area contributed by atoms with Gasteiger partial charge in [0.2, 0.25) is 0 Å². The summed E-state index contributed by atoms with van der Waals surface area (Å²) in [6.45, 7) is 4.25. The van der Waals surface area contributed by atoms with E-state index in [-0.39, 0.29) is 35.8 Å². The second kappa shape index (κ2) is 21.8. The second-order valence-electron chi connectivity index (χ2n) is 21.2. The van der Waals surface area contributed by atoms with Gasteiger partial charge in [0, 0.05) is 38.3 Å². The average molecular weight is 822 g/mol. The number of rotatable bonds is 15. The average Bonchev–Trinajstić information content (AvgIpc) is 3.30. The molecule has 0 aromatic heterocycles. The quantitative estimate of drug-likeness (QED) is 0.0763. The fourth-order valence-corrected chi connectivity index (χ4v) is 14.2. The SMILES string of the molecule is CCC1CNC(N)CC1C(CC(O)CCC1C#CC(C(O)CCCCC2CNC3CC(=O)CCC3C2)C(=O)CCC2CC(OC)C(O)CC12)C1CCC2CCCCC2C1. The van der Waals surface area contributed by atoms with E-state index < -0.39 is 24.2 Å². The predicted octanol–water partition coefficient (Wildman–Crippen LogP) is 6.93. The van der Waals surface area contributed by atoms with E-state index in [1.807, 2.05) is 0 Å². The first-order valence-corrected chi connectivity index (χ1v) is 24.9. The van der Waals surface area contributed by atoms with Crippen LogP contribution in [-0.4, -0.2) is 83.7 Å². The summed E-state index contributed by atoms with van der Waals surface area (Å²) in [6.07, 6.45) is 21.3. The van der Waals surface area contributed by atoms with E-state index in [0.717, 1.165) is 82.7 Å². The van der Waals surface area contributed by atoms with Crippen molar-refractivity contribution in [3.63, 3.8) is 0 Å². The van der Waals surface area contributed by atoms with Crippen LogP contribution in [0.5, 0.6) is 0 Å². The fourth-order valence-electron chi connectivity index (χ4n) is 14.2. The molecule has 9 nitrogen and oxygen atoms in total. The molecule has 18 unspecified atom stereocenters. The highest BCUT2D eigenvalue weighted by Gasteiger charge is 2.44. The molecule has 59 heavy (non-hydrogen) atoms. The molecule has 7 aliphatic rings. The number of Topliss-reactive ketones (excluding diaryl/α,β-unsaturated/α-hetero) is 2. The van der Waals surface area contributed by atoms with Crippen molar-refractivity contribution in [2.75, 3.05) is 20.2 Å². The summed E-state index contributed by atoms with van der Waals surface area (Å²) in [6, 6.07) is 0.358. The van der Waals surface area contributed by atoms with Crippen LogP contribution in [0.15, 0.2) is 0 Å². The zero-order valence-corrected chi connectivity index (χ0v) is 36.9. The van der Waals surface area contributed by atoms with Crippen molar-refractivity contribution in [1.82, 2.24) is 10.6 Å². The number of aliphatic hydroxyl groups excluding tert-OH is 3. The van der Waals surface area contributed by atoms with Crippen molar-refractivity contribution >= 4 is 11.6 Å². The molecule has 0 spiro atoms. The number of nitrogens with two attached hydrogens (primary N) is 1. The van der Waals surface area contributed by atoms with E-state index in [1.165, 1.54) is 51.4 Å². The molecule has 9 heteroatoms. The van der Waals surface area contributed by atoms with Crippen LogP contribution in [0, 0.1) is 82.9 Å². The highest BCUT2D eigenvalue weighted by Crippen LogP contribution is 2.50. The van der Waals surface area contributed by atoms with Gasteiger partial charge in [0.1, 0.15) is 17.5 Å². The smallest absolute Gasteiger partial charge is 0.150 e. The molecular weight excluding hydrogens is 739 g/mol. The van der Waals surface area contributed by atoms with Crippen LogP contribution in [0.3, 0.4) is 0 Å². The molecule has 6 fully saturated rings. The summed E-state index contributed by atoms with van der Waals surface area (Å²) in [7, 11) is 1.67. The van der Waals surface area contributed by atoms with Gasteiger partial charge in [0.25, 0.3) is 0 Å². The van der Waals surface area contributed by atoms with Gasteiger partial charge in [-0.25, -0.2) is 0 Å². The van der Waals surface area contributed by atoms with Gasteiger partial charge in [0.05, 0.1) is 30.6 Å². The van der Waals surface area contributed by atoms with Crippen LogP contribution < -0.4 is 16.4 Å². The van der Waals surface area contributed by atoms with Crippen molar-refractivity contribution < 1.29 is 29.6 Å². The number of unbranched alkanes of at least 4 members (excludes halogenated alkanes) is 1. The van der Waals surface area contributed by atoms with Crippen molar-refractivity contribution in [1.29, 1.82) is 0 Å². The van der Waals surface area contributed by atoms with Gasteiger partial charge in [-0.15, -0.1) is 0 Å². The van der Waals surface area contributed by atoms with Gasteiger partial charge in [-0.05, 0) is 162 Å². The number of piperidine rings is 2. The third-order valence-corrected chi connectivity index (χ3v) is 17.7. The molecule has 0 aromatic carbocycles. The first-order chi connectivity index (χ1) is 28.6. The number of nitrogens with one attached hydrogen (secondary N) is 2. The Labute approximate surface area is 357 Å². The summed E-state index contributed by atoms with van der Waals surface area (Å²) in [5.41, 5.74) is 6.60. The molecule has 334 valence electrons. The molecule has 7 rings (SSSR count). The number of fused-ring (bicyclic) bond motifs is 3. The van der Waals surface area contributed by atoms with E-state index in [0.29, 0.717) is 92.3 Å². The van der Waals surface area contributed by atoms with Gasteiger partial charge in [0.15, 0.2) is 0 Å². The molecule has 2 saturated heterocycles. The van der Waals surface area contributed by atoms with Crippen molar-refractivity contribution in [2.45, 2.75) is 198 Å². The summed E-state index contributed by atoms with van der Waals surface area (Å²) < 4.78 is 5.74. The van der Waals surface area contributed by atoms with Gasteiger partial charge in [-0.3, -0.25) is 9.59 Å². The lowest BCUT2D eigenvalue weighted by atomic mass is 9.60. The fraction of sp³-hybridized carbons (Fsp3) is 0.920. The molecule has 0 radical (unpaired) electrons. The number of carbonyl (C=O) groups excluding carboxylic acids is 2. The van der Waals surface area contributed by atoms with Crippen LogP contribution in [0.4, 0.5) is 0 Å². The number of ether oxygens (including phenoxy) is 1. The molecule has 7 N–H and O–H groups in total. The molecule has 0 amide bonds. The van der Waals surface area contributed by atoms with E-state index in [9.17, 15) is 24.9 Å². The minimum absolute atomic E-state index is 0.0202. The van der Waals surface area contributed by atoms with Crippen LogP contribution in [0.2, 0.25) is 0 Å². The van der Waals surface area contributed by atoms with Crippen LogP contribution in [-0.2, 0) is 14.3 Å². The van der Waals surface area contributed by atoms with Crippen LogP contribution in [0.1, 0.15) is 161 Å². The highest BCUT2D eigenvalue weighted by atomic mass is 16.5. The number of ketones is 2. The first-order valence-electron chi connectivity index (χ1n) is 24.9. The van der Waals surface area contributed by atoms with Crippen LogP contribution in [0.25, 0.3) is 0 Å². The molecule has 2 heterocycles. The Balaban J connectivity index is 1.00. The minimum atomic E-state index is -0.792. The maximum atomic E-state index is 13.8. The largest absolute Gasteiger partial charge is 0.393 e. The van der Waals surface area contributed by atoms with Gasteiger partial charge in [-0.2, -0.15) is 0 Å². The molecular formula is C50H83N3O6. The Bertz CT molecular complexity index is 1420. The maximum Gasteiger partial charge on any atom is 0.150 e. The topological polar surface area (TPSA) is 154 Å². The number of aliphatic hydroxyl groups is 3. The van der Waals surface area contributed by atoms with Crippen molar-refractivity contribution in [2.24, 2.45) is 76.7 Å². The Hall–Kier alpha value is -1.38. The summed E-state index contributed by atoms with van der Waals surface area (Å²) >= 11 is 0. The number of hydrogen-bond donors (Lipinski definition) is 6. The van der Waals surface area contributed by atoms with E-state index >= 15 is 0 Å². The Morgan fingerprint density at radius 3 is 2.46 bits per heavy atom. The normalized spacial score (nSPS) is 42.0. The van der Waals surface area contributed by atoms with E-state index in [4.69, 9.17) is 10.5 Å². The maximum absolute atomic E-state index is 13.8. The lowest BCUT2D eigenvalue weighted by Gasteiger charge is -2.48. The second-order valence-corrected chi connectivity index (χ2v) is 21.2. The lowest BCUT2D eigenvalue weighted by molar-refractivity contribution is -0.125. The molecule has 4 saturated carbocycles. The van der Waals surface area contributed by atoms with Crippen molar-refractivity contribution in [3.05, 3.63) is 0 Å². The van der Waals surface area contributed by atoms with Gasteiger partial charge in [-0.1, -0.05) is 63.7 Å². The first kappa shape index (κ1) is 45.6. The lowest BCUT2D eigenvalue weighted by Crippen LogP contribution is -2.52. The Kier molecular flexibility index (Phi) is 16.9. The summed E-state index contributed by atoms with van der Waals surface area (Å²) in [5, 5.41) is 42.0. The number of carbonyl (C=O) groups is 2. The summed E-state index contributed by atoms with van der Waals surface area (Å²) in [4.78, 5) is 25.8. The van der Waals surface area contributed by atoms with Gasteiger partial charge >= 0.3 is 0 Å². The standard InChI is InChI=1S/C50H83N3O6/c1-3-32-30-53-50(51)28-44(32)43(36-13-12-33-9-5-6-10-35(33)23-36)25-39(54)18-14-34-16-20-41(47(57)21-17-37-24-49(59-2)48(58)27-42(34)37)46(56)11-7-4-8-31-22-38-15-19-40(55)26-45(38)52-29-31/h31-39,41-46,48-50,52-54,56,58H,3-15,17-19,21-30,51H2,1-2H3. The Morgan fingerprint density at radius 2 is 1.64 bits per heavy atom. The highest BCUT2D eigenvalue weighted by molar-refractivity contribution is 5.84. The number of methoxy groups -OCH3 is 1. The molecule has 0 aromatic rings. The van der Waals surface area contributed by atoms with Crippen LogP contribution >= 0.6 is 0 Å². The zero-order valence-electron chi connectivity index (χ0n) is 36.9. The molecule has 5 aliphatic carbocycles. The van der Waals surface area contributed by atoms with Crippen molar-refractivity contribution in [3.8, 4) is 11.8 Å². The van der Waals surface area contributed by atoms with E-state index in [1.54, 1.807) is 7.11 Å². The molecule has 18 atom stereocenters. The zero-order chi connectivity index (χ0) is 41.5. The van der Waals surface area contributed by atoms with Gasteiger partial charge < -0.3 is 36.4 Å². The molecule has 0 bridgehead atoms.